The van der Waals surface area contributed by atoms with Crippen molar-refractivity contribution in [3.63, 3.8) is 0 Å². The van der Waals surface area contributed by atoms with Crippen LogP contribution in [-0.2, 0) is 4.79 Å². The van der Waals surface area contributed by atoms with Gasteiger partial charge in [-0.05, 0) is 45.0 Å². The molecule has 1 amide bonds. The minimum absolute atomic E-state index is 0.0140. The molecular formula is C19H31NO4Si. The fourth-order valence-corrected chi connectivity index (χ4v) is 4.28. The summed E-state index contributed by atoms with van der Waals surface area (Å²) in [6, 6.07) is 3.00. The number of carbonyl (C=O) groups is 2. The van der Waals surface area contributed by atoms with Gasteiger partial charge in [0.05, 0.1) is 13.6 Å². The third kappa shape index (κ3) is 5.08. The molecule has 140 valence electrons. The lowest BCUT2D eigenvalue weighted by Crippen LogP contribution is -2.44. The number of carbonyl (C=O) groups excluding carboxylic acids is 2. The van der Waals surface area contributed by atoms with Crippen LogP contribution in [0.4, 0.5) is 0 Å². The normalized spacial score (nSPS) is 11.8. The molecule has 1 aromatic rings. The first-order chi connectivity index (χ1) is 11.4. The number of amides is 1. The zero-order chi connectivity index (χ0) is 19.5. The van der Waals surface area contributed by atoms with E-state index in [1.54, 1.807) is 17.9 Å². The van der Waals surface area contributed by atoms with Crippen molar-refractivity contribution in [2.24, 2.45) is 0 Å². The quantitative estimate of drug-likeness (QED) is 0.476. The van der Waals surface area contributed by atoms with Crippen LogP contribution in [0.15, 0.2) is 12.1 Å². The zero-order valence-corrected chi connectivity index (χ0v) is 17.6. The van der Waals surface area contributed by atoms with Crippen LogP contribution in [0.3, 0.4) is 0 Å². The van der Waals surface area contributed by atoms with Gasteiger partial charge in [-0.2, -0.15) is 0 Å². The van der Waals surface area contributed by atoms with Crippen LogP contribution in [0.2, 0.25) is 19.6 Å². The molecule has 0 bridgehead atoms. The molecule has 1 rings (SSSR count). The fraction of sp³-hybridized carbons (Fsp3) is 0.579. The lowest BCUT2D eigenvalue weighted by Gasteiger charge is -2.32. The Balaban J connectivity index is 3.64. The molecule has 0 saturated carbocycles. The summed E-state index contributed by atoms with van der Waals surface area (Å²) in [6.45, 7) is 15.7. The number of hydrogen-bond acceptors (Lipinski definition) is 4. The zero-order valence-electron chi connectivity index (χ0n) is 16.6. The highest BCUT2D eigenvalue weighted by Crippen LogP contribution is 2.28. The van der Waals surface area contributed by atoms with Crippen molar-refractivity contribution in [3.8, 4) is 11.5 Å². The average molecular weight is 366 g/mol. The minimum atomic E-state index is -1.96. The number of ether oxygens (including phenoxy) is 1. The van der Waals surface area contributed by atoms with Gasteiger partial charge in [0, 0.05) is 18.5 Å². The second kappa shape index (κ2) is 8.04. The Kier molecular flexibility index (Phi) is 6.82. The van der Waals surface area contributed by atoms with Crippen LogP contribution in [0.1, 0.15) is 51.4 Å². The van der Waals surface area contributed by atoms with Crippen molar-refractivity contribution in [2.45, 2.75) is 72.8 Å². The summed E-state index contributed by atoms with van der Waals surface area (Å²) in [6.07, 6.45) is 0.220. The third-order valence-electron chi connectivity index (χ3n) is 3.96. The van der Waals surface area contributed by atoms with Crippen LogP contribution >= 0.6 is 0 Å². The molecule has 6 heteroatoms. The number of rotatable bonds is 6. The molecule has 0 heterocycles. The highest BCUT2D eigenvalue weighted by molar-refractivity contribution is 6.89. The maximum atomic E-state index is 13.2. The maximum Gasteiger partial charge on any atom is 0.310 e. The summed E-state index contributed by atoms with van der Waals surface area (Å²) in [5.41, 5.74) is 0.252. The first-order valence-electron chi connectivity index (χ1n) is 8.80. The van der Waals surface area contributed by atoms with E-state index in [4.69, 9.17) is 4.74 Å². The van der Waals surface area contributed by atoms with Gasteiger partial charge in [0.2, 0.25) is 0 Å². The first-order valence-corrected chi connectivity index (χ1v) is 12.3. The standard InChI is InChI=1S/C19H31NO4Si/c1-9-17(22)24-18-15(19(23)20(12(2)3)13(4)5)10-14(21)11-16(18)25(6,7)8/h10-13,21H,9H2,1-8H3. The van der Waals surface area contributed by atoms with Crippen molar-refractivity contribution < 1.29 is 19.4 Å². The van der Waals surface area contributed by atoms with E-state index in [1.807, 2.05) is 27.7 Å². The topological polar surface area (TPSA) is 66.8 Å². The first kappa shape index (κ1) is 21.2. The van der Waals surface area contributed by atoms with E-state index in [1.165, 1.54) is 6.07 Å². The molecule has 0 aliphatic heterocycles. The molecule has 0 aliphatic carbocycles. The number of nitrogens with zero attached hydrogens (tertiary/aromatic N) is 1. The fourth-order valence-electron chi connectivity index (χ4n) is 2.83. The molecule has 0 aromatic heterocycles. The summed E-state index contributed by atoms with van der Waals surface area (Å²) >= 11 is 0. The number of hydrogen-bond donors (Lipinski definition) is 1. The summed E-state index contributed by atoms with van der Waals surface area (Å²) in [7, 11) is -1.96. The molecule has 1 N–H and O–H groups in total. The Hall–Kier alpha value is -1.82. The van der Waals surface area contributed by atoms with Crippen molar-refractivity contribution in [2.75, 3.05) is 0 Å². The lowest BCUT2D eigenvalue weighted by atomic mass is 10.1. The van der Waals surface area contributed by atoms with Gasteiger partial charge in [0.25, 0.3) is 5.91 Å². The largest absolute Gasteiger partial charge is 0.508 e. The summed E-state index contributed by atoms with van der Waals surface area (Å²) in [5, 5.41) is 11.0. The second-order valence-electron chi connectivity index (χ2n) is 7.85. The van der Waals surface area contributed by atoms with E-state index in [9.17, 15) is 14.7 Å². The lowest BCUT2D eigenvalue weighted by molar-refractivity contribution is -0.133. The van der Waals surface area contributed by atoms with Gasteiger partial charge in [0.1, 0.15) is 11.5 Å². The number of benzene rings is 1. The van der Waals surface area contributed by atoms with Gasteiger partial charge in [0.15, 0.2) is 0 Å². The Labute approximate surface area is 152 Å². The van der Waals surface area contributed by atoms with Crippen LogP contribution in [0, 0.1) is 0 Å². The summed E-state index contributed by atoms with van der Waals surface area (Å²) in [4.78, 5) is 26.9. The molecule has 5 nitrogen and oxygen atoms in total. The highest BCUT2D eigenvalue weighted by Gasteiger charge is 2.31. The third-order valence-corrected chi connectivity index (χ3v) is 5.95. The molecule has 0 atom stereocenters. The SMILES string of the molecule is CCC(=O)Oc1c(C(=O)N(C(C)C)C(C)C)cc(O)cc1[Si](C)(C)C. The van der Waals surface area contributed by atoms with Gasteiger partial charge in [-0.3, -0.25) is 9.59 Å². The van der Waals surface area contributed by atoms with Crippen molar-refractivity contribution >= 4 is 25.1 Å². The molecule has 0 spiro atoms. The predicted octanol–water partition coefficient (Wildman–Crippen LogP) is 3.51. The van der Waals surface area contributed by atoms with Crippen molar-refractivity contribution in [3.05, 3.63) is 17.7 Å². The Morgan fingerprint density at radius 2 is 1.64 bits per heavy atom. The van der Waals surface area contributed by atoms with Gasteiger partial charge in [-0.25, -0.2) is 0 Å². The smallest absolute Gasteiger partial charge is 0.310 e. The van der Waals surface area contributed by atoms with Crippen LogP contribution in [0.25, 0.3) is 0 Å². The molecule has 0 radical (unpaired) electrons. The van der Waals surface area contributed by atoms with Crippen LogP contribution in [0.5, 0.6) is 11.5 Å². The maximum absolute atomic E-state index is 13.2. The summed E-state index contributed by atoms with van der Waals surface area (Å²) < 4.78 is 5.58. The molecule has 0 fully saturated rings. The molecule has 0 saturated heterocycles. The van der Waals surface area contributed by atoms with E-state index >= 15 is 0 Å². The van der Waals surface area contributed by atoms with Crippen LogP contribution < -0.4 is 9.92 Å². The Morgan fingerprint density at radius 3 is 2.04 bits per heavy atom. The van der Waals surface area contributed by atoms with Crippen molar-refractivity contribution in [1.29, 1.82) is 0 Å². The molecule has 25 heavy (non-hydrogen) atoms. The van der Waals surface area contributed by atoms with Crippen molar-refractivity contribution in [1.82, 2.24) is 4.90 Å². The van der Waals surface area contributed by atoms with E-state index in [0.29, 0.717) is 5.75 Å². The number of aromatic hydroxyl groups is 1. The Bertz CT molecular complexity index is 640. The van der Waals surface area contributed by atoms with E-state index in [0.717, 1.165) is 5.19 Å². The molecular weight excluding hydrogens is 334 g/mol. The second-order valence-corrected chi connectivity index (χ2v) is 12.9. The molecule has 0 aliphatic rings. The molecule has 1 aromatic carbocycles. The minimum Gasteiger partial charge on any atom is -0.508 e. The van der Waals surface area contributed by atoms with E-state index in [-0.39, 0.29) is 41.7 Å². The number of phenols is 1. The van der Waals surface area contributed by atoms with Gasteiger partial charge in [-0.15, -0.1) is 0 Å². The Morgan fingerprint density at radius 1 is 1.12 bits per heavy atom. The monoisotopic (exact) mass is 365 g/mol. The van der Waals surface area contributed by atoms with Gasteiger partial charge < -0.3 is 14.7 Å². The van der Waals surface area contributed by atoms with Gasteiger partial charge in [-0.1, -0.05) is 26.6 Å². The molecule has 0 unspecified atom stereocenters. The highest BCUT2D eigenvalue weighted by atomic mass is 28.3. The predicted molar refractivity (Wildman–Crippen MR) is 103 cm³/mol. The van der Waals surface area contributed by atoms with Gasteiger partial charge >= 0.3 is 5.97 Å². The number of esters is 1. The number of phenolic OH excluding ortho intramolecular Hbond substituents is 1. The van der Waals surface area contributed by atoms with E-state index < -0.39 is 8.07 Å². The van der Waals surface area contributed by atoms with E-state index in [2.05, 4.69) is 19.6 Å². The van der Waals surface area contributed by atoms with Crippen LogP contribution in [-0.4, -0.2) is 42.0 Å². The average Bonchev–Trinajstić information content (AvgIpc) is 2.46. The summed E-state index contributed by atoms with van der Waals surface area (Å²) in [5.74, 6) is -0.302.